The van der Waals surface area contributed by atoms with Crippen LogP contribution in [0.2, 0.25) is 0 Å². The van der Waals surface area contributed by atoms with E-state index >= 15 is 0 Å². The summed E-state index contributed by atoms with van der Waals surface area (Å²) in [7, 11) is 0. The predicted octanol–water partition coefficient (Wildman–Crippen LogP) is 4.74. The first-order valence-corrected chi connectivity index (χ1v) is 11.8. The zero-order valence-corrected chi connectivity index (χ0v) is 21.3. The van der Waals surface area contributed by atoms with Gasteiger partial charge in [0.15, 0.2) is 0 Å². The zero-order valence-electron chi connectivity index (χ0n) is 20.1. The first-order chi connectivity index (χ1) is 12.8. The SMILES string of the molecule is CCCCCCC(C)[O-].CCCCCCC(C)[O-].CCCCCCC(C)[O-].[Al+3]. The molecule has 3 nitrogen and oxygen atoms in total. The van der Waals surface area contributed by atoms with E-state index in [2.05, 4.69) is 20.8 Å². The van der Waals surface area contributed by atoms with Gasteiger partial charge in [0, 0.05) is 0 Å². The molecule has 168 valence electrons. The third-order valence-electron chi connectivity index (χ3n) is 4.39. The third-order valence-corrected chi connectivity index (χ3v) is 4.39. The predicted molar refractivity (Wildman–Crippen MR) is 120 cm³/mol. The molecule has 0 aromatic carbocycles. The summed E-state index contributed by atoms with van der Waals surface area (Å²) in [6.45, 7) is 11.8. The maximum Gasteiger partial charge on any atom is 3.00 e. The molecule has 3 atom stereocenters. The molecule has 0 aromatic rings. The van der Waals surface area contributed by atoms with Crippen molar-refractivity contribution in [2.24, 2.45) is 0 Å². The molecule has 0 radical (unpaired) electrons. The molecule has 0 aromatic heterocycles. The van der Waals surface area contributed by atoms with Gasteiger partial charge in [-0.15, -0.1) is 18.3 Å². The molecule has 28 heavy (non-hydrogen) atoms. The summed E-state index contributed by atoms with van der Waals surface area (Å²) in [6, 6.07) is 0. The fourth-order valence-corrected chi connectivity index (χ4v) is 2.58. The second kappa shape index (κ2) is 32.1. The number of unbranched alkanes of at least 4 members (excludes halogenated alkanes) is 9. The number of hydrogen-bond donors (Lipinski definition) is 0. The Morgan fingerprint density at radius 3 is 0.786 bits per heavy atom. The minimum Gasteiger partial charge on any atom is -0.852 e. The molecular formula is C24H51AlO3. The van der Waals surface area contributed by atoms with Gasteiger partial charge in [-0.25, -0.2) is 0 Å². The Hall–Kier alpha value is 0.412. The van der Waals surface area contributed by atoms with Crippen LogP contribution in [-0.4, -0.2) is 35.7 Å². The van der Waals surface area contributed by atoms with Crippen LogP contribution in [0, 0.1) is 0 Å². The van der Waals surface area contributed by atoms with E-state index < -0.39 is 0 Å². The summed E-state index contributed by atoms with van der Waals surface area (Å²) in [5.74, 6) is 0. The fraction of sp³-hybridized carbons (Fsp3) is 1.00. The summed E-state index contributed by atoms with van der Waals surface area (Å²) in [6.07, 6.45) is 16.3. The van der Waals surface area contributed by atoms with Crippen LogP contribution in [0.15, 0.2) is 0 Å². The first-order valence-electron chi connectivity index (χ1n) is 11.8. The van der Waals surface area contributed by atoms with Crippen molar-refractivity contribution in [3.63, 3.8) is 0 Å². The van der Waals surface area contributed by atoms with Crippen molar-refractivity contribution in [1.82, 2.24) is 0 Å². The summed E-state index contributed by atoms with van der Waals surface area (Å²) < 4.78 is 0. The Morgan fingerprint density at radius 2 is 0.643 bits per heavy atom. The van der Waals surface area contributed by atoms with E-state index in [1.165, 1.54) is 57.8 Å². The largest absolute Gasteiger partial charge is 3.00 e. The van der Waals surface area contributed by atoms with Gasteiger partial charge in [0.25, 0.3) is 0 Å². The van der Waals surface area contributed by atoms with Crippen molar-refractivity contribution >= 4 is 17.4 Å². The summed E-state index contributed by atoms with van der Waals surface area (Å²) >= 11 is 0. The van der Waals surface area contributed by atoms with Gasteiger partial charge >= 0.3 is 17.4 Å². The number of hydrogen-bond acceptors (Lipinski definition) is 3. The van der Waals surface area contributed by atoms with E-state index in [0.717, 1.165) is 38.5 Å². The summed E-state index contributed by atoms with van der Waals surface area (Å²) in [4.78, 5) is 0. The molecular weight excluding hydrogens is 363 g/mol. The van der Waals surface area contributed by atoms with E-state index in [4.69, 9.17) is 0 Å². The average molecular weight is 415 g/mol. The second-order valence-electron chi connectivity index (χ2n) is 7.98. The molecule has 0 spiro atoms. The van der Waals surface area contributed by atoms with Gasteiger partial charge in [-0.1, -0.05) is 138 Å². The van der Waals surface area contributed by atoms with Crippen LogP contribution in [-0.2, 0) is 0 Å². The minimum atomic E-state index is -0.346. The molecule has 0 amide bonds. The quantitative estimate of drug-likeness (QED) is 0.287. The molecule has 0 heterocycles. The molecule has 0 aliphatic rings. The smallest absolute Gasteiger partial charge is 0.852 e. The van der Waals surface area contributed by atoms with Crippen molar-refractivity contribution < 1.29 is 15.3 Å². The topological polar surface area (TPSA) is 69.2 Å². The molecule has 4 heteroatoms. The summed E-state index contributed by atoms with van der Waals surface area (Å²) in [5, 5.41) is 31.5. The van der Waals surface area contributed by atoms with Crippen LogP contribution < -0.4 is 15.3 Å². The van der Waals surface area contributed by atoms with E-state index in [9.17, 15) is 15.3 Å². The van der Waals surface area contributed by atoms with E-state index in [1.54, 1.807) is 20.8 Å². The van der Waals surface area contributed by atoms with E-state index in [-0.39, 0.29) is 35.7 Å². The Kier molecular flexibility index (Phi) is 41.1. The van der Waals surface area contributed by atoms with Crippen molar-refractivity contribution in [3.8, 4) is 0 Å². The third kappa shape index (κ3) is 50.3. The zero-order chi connectivity index (χ0) is 21.3. The van der Waals surface area contributed by atoms with Crippen LogP contribution >= 0.6 is 0 Å². The van der Waals surface area contributed by atoms with Gasteiger partial charge in [0.1, 0.15) is 0 Å². The monoisotopic (exact) mass is 414 g/mol. The average Bonchev–Trinajstić information content (AvgIpc) is 2.60. The Balaban J connectivity index is -0.000000152. The van der Waals surface area contributed by atoms with Crippen LogP contribution in [0.1, 0.15) is 138 Å². The first kappa shape index (κ1) is 35.8. The van der Waals surface area contributed by atoms with Crippen LogP contribution in [0.3, 0.4) is 0 Å². The normalized spacial score (nSPS) is 13.2. The second-order valence-corrected chi connectivity index (χ2v) is 7.98. The van der Waals surface area contributed by atoms with Crippen molar-refractivity contribution in [2.75, 3.05) is 0 Å². The maximum absolute atomic E-state index is 10.5. The standard InChI is InChI=1S/3C8H17O.Al/c3*1-3-4-5-6-7-8(2)9;/h3*8H,3-7H2,1-2H3;/q3*-1;+3. The molecule has 3 unspecified atom stereocenters. The molecule has 0 aliphatic carbocycles. The molecule has 0 aliphatic heterocycles. The van der Waals surface area contributed by atoms with E-state index in [0.29, 0.717) is 0 Å². The minimum absolute atomic E-state index is 0. The van der Waals surface area contributed by atoms with Gasteiger partial charge in [-0.3, -0.25) is 0 Å². The van der Waals surface area contributed by atoms with Gasteiger partial charge in [0.2, 0.25) is 0 Å². The van der Waals surface area contributed by atoms with Gasteiger partial charge < -0.3 is 15.3 Å². The Morgan fingerprint density at radius 1 is 0.429 bits per heavy atom. The summed E-state index contributed by atoms with van der Waals surface area (Å²) in [5.41, 5.74) is 0. The van der Waals surface area contributed by atoms with Crippen LogP contribution in [0.4, 0.5) is 0 Å². The molecule has 0 fully saturated rings. The molecule has 0 saturated carbocycles. The Labute approximate surface area is 188 Å². The van der Waals surface area contributed by atoms with Crippen LogP contribution in [0.5, 0.6) is 0 Å². The number of rotatable bonds is 15. The van der Waals surface area contributed by atoms with E-state index in [1.807, 2.05) is 0 Å². The van der Waals surface area contributed by atoms with Gasteiger partial charge in [0.05, 0.1) is 0 Å². The van der Waals surface area contributed by atoms with Crippen LogP contribution in [0.25, 0.3) is 0 Å². The Bertz CT molecular complexity index is 196. The van der Waals surface area contributed by atoms with Crippen molar-refractivity contribution in [1.29, 1.82) is 0 Å². The van der Waals surface area contributed by atoms with Gasteiger partial charge in [-0.2, -0.15) is 0 Å². The maximum atomic E-state index is 10.5. The molecule has 0 saturated heterocycles. The molecule has 0 bridgehead atoms. The molecule has 0 N–H and O–H groups in total. The van der Waals surface area contributed by atoms with Gasteiger partial charge in [-0.05, 0) is 0 Å². The molecule has 0 rings (SSSR count). The van der Waals surface area contributed by atoms with Crippen molar-refractivity contribution in [3.05, 3.63) is 0 Å². The fourth-order valence-electron chi connectivity index (χ4n) is 2.58. The van der Waals surface area contributed by atoms with Crippen molar-refractivity contribution in [2.45, 2.75) is 156 Å².